The Balaban J connectivity index is 2.67. The van der Waals surface area contributed by atoms with E-state index in [2.05, 4.69) is 9.36 Å². The molecule has 1 heterocycles. The van der Waals surface area contributed by atoms with Gasteiger partial charge in [0, 0.05) is 11.5 Å². The normalized spacial score (nSPS) is 9.60. The van der Waals surface area contributed by atoms with Crippen molar-refractivity contribution in [3.05, 3.63) is 5.82 Å². The lowest BCUT2D eigenvalue weighted by atomic mass is 10.4. The van der Waals surface area contributed by atoms with Crippen LogP contribution in [0.2, 0.25) is 0 Å². The number of hydrogen-bond donors (Lipinski definition) is 2. The van der Waals surface area contributed by atoms with Crippen LogP contribution in [0, 0.1) is 0 Å². The Morgan fingerprint density at radius 2 is 2.40 bits per heavy atom. The zero-order chi connectivity index (χ0) is 7.56. The van der Waals surface area contributed by atoms with Crippen molar-refractivity contribution in [3.8, 4) is 0 Å². The topological polar surface area (TPSA) is 94.9 Å². The third-order valence-electron chi connectivity index (χ3n) is 0.816. The summed E-state index contributed by atoms with van der Waals surface area (Å²) in [5.41, 5.74) is 10.1. The number of aromatic nitrogens is 2. The molecule has 0 saturated carbocycles. The quantitative estimate of drug-likeness (QED) is 0.586. The van der Waals surface area contributed by atoms with E-state index in [0.29, 0.717) is 11.0 Å². The van der Waals surface area contributed by atoms with Crippen LogP contribution in [0.3, 0.4) is 0 Å². The average molecular weight is 158 g/mol. The minimum Gasteiger partial charge on any atom is -0.374 e. The van der Waals surface area contributed by atoms with E-state index in [9.17, 15) is 4.79 Å². The second kappa shape index (κ2) is 2.61. The van der Waals surface area contributed by atoms with Crippen molar-refractivity contribution < 1.29 is 4.79 Å². The molecular formula is C4H6N4OS. The number of anilines is 1. The van der Waals surface area contributed by atoms with Gasteiger partial charge in [-0.2, -0.15) is 4.37 Å². The van der Waals surface area contributed by atoms with Gasteiger partial charge in [-0.05, 0) is 0 Å². The first-order chi connectivity index (χ1) is 4.68. The second-order valence-electron chi connectivity index (χ2n) is 1.69. The first-order valence-electron chi connectivity index (χ1n) is 2.55. The summed E-state index contributed by atoms with van der Waals surface area (Å²) < 4.78 is 3.76. The molecule has 0 unspecified atom stereocenters. The summed E-state index contributed by atoms with van der Waals surface area (Å²) in [7, 11) is 0. The molecule has 1 rings (SSSR count). The maximum absolute atomic E-state index is 10.3. The standard InChI is InChI=1S/C4H6N4OS/c5-2(9)1-3-7-4(6)10-8-3/h1H2,(H2,5,9)(H2,6,7,8). The molecule has 0 aliphatic carbocycles. The predicted molar refractivity (Wildman–Crippen MR) is 37.2 cm³/mol. The Morgan fingerprint density at radius 1 is 1.70 bits per heavy atom. The van der Waals surface area contributed by atoms with E-state index in [1.807, 2.05) is 0 Å². The van der Waals surface area contributed by atoms with Gasteiger partial charge in [-0.25, -0.2) is 4.98 Å². The van der Waals surface area contributed by atoms with Gasteiger partial charge in [-0.1, -0.05) is 0 Å². The molecule has 1 aromatic rings. The smallest absolute Gasteiger partial charge is 0.225 e. The van der Waals surface area contributed by atoms with Crippen molar-refractivity contribution in [1.29, 1.82) is 0 Å². The van der Waals surface area contributed by atoms with Crippen molar-refractivity contribution in [3.63, 3.8) is 0 Å². The fourth-order valence-corrected chi connectivity index (χ4v) is 0.946. The number of nitrogen functional groups attached to an aromatic ring is 1. The highest BCUT2D eigenvalue weighted by Gasteiger charge is 2.03. The lowest BCUT2D eigenvalue weighted by Crippen LogP contribution is -2.14. The van der Waals surface area contributed by atoms with Crippen molar-refractivity contribution in [2.75, 3.05) is 5.73 Å². The van der Waals surface area contributed by atoms with Gasteiger partial charge in [0.2, 0.25) is 5.91 Å². The highest BCUT2D eigenvalue weighted by Crippen LogP contribution is 2.04. The number of carbonyl (C=O) groups excluding carboxylic acids is 1. The molecule has 0 aliphatic heterocycles. The SMILES string of the molecule is NC(=O)Cc1nsc(N)n1. The van der Waals surface area contributed by atoms with Crippen LogP contribution in [0.15, 0.2) is 0 Å². The predicted octanol–water partition coefficient (Wildman–Crippen LogP) is -0.852. The van der Waals surface area contributed by atoms with E-state index < -0.39 is 5.91 Å². The van der Waals surface area contributed by atoms with Gasteiger partial charge in [0.15, 0.2) is 11.0 Å². The minimum atomic E-state index is -0.446. The highest BCUT2D eigenvalue weighted by molar-refractivity contribution is 7.09. The Morgan fingerprint density at radius 3 is 2.80 bits per heavy atom. The number of nitrogens with two attached hydrogens (primary N) is 2. The van der Waals surface area contributed by atoms with Crippen LogP contribution >= 0.6 is 11.5 Å². The summed E-state index contributed by atoms with van der Waals surface area (Å²) in [5.74, 6) is -0.0483. The maximum atomic E-state index is 10.3. The largest absolute Gasteiger partial charge is 0.374 e. The number of amides is 1. The molecule has 1 aromatic heterocycles. The van der Waals surface area contributed by atoms with Gasteiger partial charge in [0.1, 0.15) is 0 Å². The fourth-order valence-electron chi connectivity index (χ4n) is 0.495. The number of rotatable bonds is 2. The van der Waals surface area contributed by atoms with Crippen LogP contribution in [0.5, 0.6) is 0 Å². The Labute approximate surface area is 61.2 Å². The molecule has 0 radical (unpaired) electrons. The van der Waals surface area contributed by atoms with E-state index in [0.717, 1.165) is 11.5 Å². The molecular weight excluding hydrogens is 152 g/mol. The lowest BCUT2D eigenvalue weighted by molar-refractivity contribution is -0.117. The average Bonchev–Trinajstić information content (AvgIpc) is 2.13. The first-order valence-corrected chi connectivity index (χ1v) is 3.32. The van der Waals surface area contributed by atoms with E-state index in [-0.39, 0.29) is 6.42 Å². The molecule has 0 fully saturated rings. The van der Waals surface area contributed by atoms with E-state index >= 15 is 0 Å². The van der Waals surface area contributed by atoms with Crippen LogP contribution < -0.4 is 11.5 Å². The van der Waals surface area contributed by atoms with Gasteiger partial charge >= 0.3 is 0 Å². The molecule has 0 atom stereocenters. The fraction of sp³-hybridized carbons (Fsp3) is 0.250. The zero-order valence-electron chi connectivity index (χ0n) is 5.07. The Kier molecular flexibility index (Phi) is 1.81. The first kappa shape index (κ1) is 6.94. The summed E-state index contributed by atoms with van der Waals surface area (Å²) in [6.07, 6.45) is 0.0632. The second-order valence-corrected chi connectivity index (χ2v) is 2.48. The molecule has 0 spiro atoms. The zero-order valence-corrected chi connectivity index (χ0v) is 5.89. The Hall–Kier alpha value is -1.17. The molecule has 1 amide bonds. The third-order valence-corrected chi connectivity index (χ3v) is 1.40. The molecule has 6 heteroatoms. The molecule has 0 aromatic carbocycles. The van der Waals surface area contributed by atoms with E-state index in [4.69, 9.17) is 11.5 Å². The van der Waals surface area contributed by atoms with Crippen LogP contribution in [-0.2, 0) is 11.2 Å². The number of carbonyl (C=O) groups is 1. The van der Waals surface area contributed by atoms with Crippen molar-refractivity contribution in [1.82, 2.24) is 9.36 Å². The van der Waals surface area contributed by atoms with Crippen LogP contribution in [0.25, 0.3) is 0 Å². The maximum Gasteiger partial charge on any atom is 0.225 e. The van der Waals surface area contributed by atoms with Crippen LogP contribution in [0.4, 0.5) is 5.13 Å². The number of nitrogens with zero attached hydrogens (tertiary/aromatic N) is 2. The van der Waals surface area contributed by atoms with Crippen molar-refractivity contribution in [2.24, 2.45) is 5.73 Å². The van der Waals surface area contributed by atoms with Crippen molar-refractivity contribution >= 4 is 22.6 Å². The monoisotopic (exact) mass is 158 g/mol. The lowest BCUT2D eigenvalue weighted by Gasteiger charge is -1.84. The molecule has 5 nitrogen and oxygen atoms in total. The molecule has 0 saturated heterocycles. The summed E-state index contributed by atoms with van der Waals surface area (Å²) in [4.78, 5) is 14.0. The van der Waals surface area contributed by atoms with Gasteiger partial charge in [-0.3, -0.25) is 4.79 Å². The summed E-state index contributed by atoms with van der Waals surface area (Å²) in [6.45, 7) is 0. The van der Waals surface area contributed by atoms with Gasteiger partial charge in [-0.15, -0.1) is 0 Å². The summed E-state index contributed by atoms with van der Waals surface area (Å²) >= 11 is 1.06. The molecule has 0 bridgehead atoms. The van der Waals surface area contributed by atoms with Gasteiger partial charge < -0.3 is 11.5 Å². The minimum absolute atomic E-state index is 0.0632. The van der Waals surface area contributed by atoms with E-state index in [1.165, 1.54) is 0 Å². The van der Waals surface area contributed by atoms with Gasteiger partial charge in [0.05, 0.1) is 6.42 Å². The van der Waals surface area contributed by atoms with Crippen LogP contribution in [0.1, 0.15) is 5.82 Å². The summed E-state index contributed by atoms with van der Waals surface area (Å²) in [6, 6.07) is 0. The van der Waals surface area contributed by atoms with Gasteiger partial charge in [0.25, 0.3) is 0 Å². The number of primary amides is 1. The van der Waals surface area contributed by atoms with Crippen LogP contribution in [-0.4, -0.2) is 15.3 Å². The Bertz CT molecular complexity index is 245. The highest BCUT2D eigenvalue weighted by atomic mass is 32.1. The number of hydrogen-bond acceptors (Lipinski definition) is 5. The van der Waals surface area contributed by atoms with E-state index in [1.54, 1.807) is 0 Å². The molecule has 10 heavy (non-hydrogen) atoms. The molecule has 4 N–H and O–H groups in total. The molecule has 54 valence electrons. The molecule has 0 aliphatic rings. The summed E-state index contributed by atoms with van der Waals surface area (Å²) in [5, 5.41) is 0.358. The third kappa shape index (κ3) is 1.66. The van der Waals surface area contributed by atoms with Crippen molar-refractivity contribution in [2.45, 2.75) is 6.42 Å².